The molecule has 7 nitrogen and oxygen atoms in total. The summed E-state index contributed by atoms with van der Waals surface area (Å²) in [6, 6.07) is 17.2. The molecule has 3 aromatic carbocycles. The lowest BCUT2D eigenvalue weighted by atomic mass is 9.95. The molecule has 2 heterocycles. The van der Waals surface area contributed by atoms with Crippen LogP contribution in [0.1, 0.15) is 41.6 Å². The summed E-state index contributed by atoms with van der Waals surface area (Å²) in [7, 11) is 1.52. The van der Waals surface area contributed by atoms with Gasteiger partial charge < -0.3 is 14.6 Å². The van der Waals surface area contributed by atoms with E-state index in [-0.39, 0.29) is 11.3 Å². The highest BCUT2D eigenvalue weighted by Crippen LogP contribution is 2.45. The summed E-state index contributed by atoms with van der Waals surface area (Å²) in [5.74, 6) is -0.656. The highest BCUT2D eigenvalue weighted by atomic mass is 32.1. The third-order valence-electron chi connectivity index (χ3n) is 6.46. The first-order valence-corrected chi connectivity index (χ1v) is 13.2. The second-order valence-corrected chi connectivity index (χ2v) is 10.3. The molecule has 8 heteroatoms. The van der Waals surface area contributed by atoms with Crippen molar-refractivity contribution in [2.75, 3.05) is 18.6 Å². The monoisotopic (exact) mass is 528 g/mol. The maximum absolute atomic E-state index is 13.6. The number of ketones is 1. The molecule has 4 aromatic rings. The lowest BCUT2D eigenvalue weighted by Gasteiger charge is -2.23. The van der Waals surface area contributed by atoms with Crippen molar-refractivity contribution in [1.29, 1.82) is 0 Å². The number of ether oxygens (including phenoxy) is 2. The number of nitrogens with zero attached hydrogens (tertiary/aromatic N) is 2. The lowest BCUT2D eigenvalue weighted by molar-refractivity contribution is -0.132. The van der Waals surface area contributed by atoms with Crippen molar-refractivity contribution >= 4 is 44.1 Å². The predicted octanol–water partition coefficient (Wildman–Crippen LogP) is 6.34. The van der Waals surface area contributed by atoms with Gasteiger partial charge in [-0.2, -0.15) is 0 Å². The number of thiazole rings is 1. The van der Waals surface area contributed by atoms with Crippen molar-refractivity contribution in [3.05, 3.63) is 88.5 Å². The van der Waals surface area contributed by atoms with Gasteiger partial charge in [0, 0.05) is 5.56 Å². The van der Waals surface area contributed by atoms with E-state index >= 15 is 0 Å². The van der Waals surface area contributed by atoms with Gasteiger partial charge >= 0.3 is 5.91 Å². The Morgan fingerprint density at radius 2 is 1.82 bits per heavy atom. The van der Waals surface area contributed by atoms with Gasteiger partial charge in [-0.05, 0) is 67.3 Å². The Morgan fingerprint density at radius 3 is 2.58 bits per heavy atom. The Balaban J connectivity index is 1.72. The standard InChI is InChI=1S/C30H28N2O5S/c1-5-12-37-22-11-6-8-19(15-22)26-24(27(33)20-9-7-10-21(16-20)36-4)28(34)29(35)32(26)30-31-25-18(3)13-17(2)14-23(25)38-30/h6-11,13-16,26,33H,5,12H2,1-4H3/b27-24+. The van der Waals surface area contributed by atoms with E-state index < -0.39 is 17.7 Å². The topological polar surface area (TPSA) is 89.0 Å². The lowest BCUT2D eigenvalue weighted by Crippen LogP contribution is -2.29. The first kappa shape index (κ1) is 25.5. The van der Waals surface area contributed by atoms with Crippen LogP contribution in [0.2, 0.25) is 0 Å². The zero-order chi connectivity index (χ0) is 27.0. The number of aromatic nitrogens is 1. The van der Waals surface area contributed by atoms with Gasteiger partial charge in [0.2, 0.25) is 0 Å². The molecule has 0 bridgehead atoms. The van der Waals surface area contributed by atoms with Gasteiger partial charge in [-0.3, -0.25) is 14.5 Å². The molecule has 0 aliphatic carbocycles. The second-order valence-electron chi connectivity index (χ2n) is 9.25. The third kappa shape index (κ3) is 4.52. The molecule has 1 aromatic heterocycles. The fraction of sp³-hybridized carbons (Fsp3) is 0.233. The highest BCUT2D eigenvalue weighted by molar-refractivity contribution is 7.22. The molecule has 1 aliphatic heterocycles. The molecule has 1 N–H and O–H groups in total. The predicted molar refractivity (Wildman–Crippen MR) is 149 cm³/mol. The van der Waals surface area contributed by atoms with Crippen molar-refractivity contribution in [2.24, 2.45) is 0 Å². The average molecular weight is 529 g/mol. The Morgan fingerprint density at radius 1 is 1.05 bits per heavy atom. The van der Waals surface area contributed by atoms with Gasteiger partial charge in [-0.15, -0.1) is 0 Å². The number of anilines is 1. The molecule has 1 atom stereocenters. The number of fused-ring (bicyclic) bond motifs is 1. The molecule has 0 radical (unpaired) electrons. The zero-order valence-electron chi connectivity index (χ0n) is 21.6. The van der Waals surface area contributed by atoms with E-state index in [4.69, 9.17) is 14.5 Å². The smallest absolute Gasteiger partial charge is 0.301 e. The number of aliphatic hydroxyl groups is 1. The molecule has 1 aliphatic rings. The Kier molecular flexibility index (Phi) is 6.91. The third-order valence-corrected chi connectivity index (χ3v) is 7.46. The van der Waals surface area contributed by atoms with E-state index in [2.05, 4.69) is 0 Å². The first-order valence-electron chi connectivity index (χ1n) is 12.4. The molecule has 194 valence electrons. The number of Topliss-reactive ketones (excluding diaryl/α,β-unsaturated/α-hetero) is 1. The van der Waals surface area contributed by atoms with E-state index in [0.29, 0.717) is 34.4 Å². The van der Waals surface area contributed by atoms with Crippen molar-refractivity contribution in [3.8, 4) is 11.5 Å². The minimum absolute atomic E-state index is 0.0111. The number of hydrogen-bond donors (Lipinski definition) is 1. The molecule has 0 saturated carbocycles. The summed E-state index contributed by atoms with van der Waals surface area (Å²) >= 11 is 1.35. The normalized spacial score (nSPS) is 16.8. The van der Waals surface area contributed by atoms with Crippen LogP contribution < -0.4 is 14.4 Å². The molecular weight excluding hydrogens is 500 g/mol. The fourth-order valence-electron chi connectivity index (χ4n) is 4.73. The van der Waals surface area contributed by atoms with Crippen LogP contribution in [-0.4, -0.2) is 35.5 Å². The number of carbonyl (C=O) groups excluding carboxylic acids is 2. The summed E-state index contributed by atoms with van der Waals surface area (Å²) in [5.41, 5.74) is 3.85. The number of amides is 1. The largest absolute Gasteiger partial charge is 0.507 e. The van der Waals surface area contributed by atoms with Gasteiger partial charge in [0.1, 0.15) is 17.3 Å². The molecule has 38 heavy (non-hydrogen) atoms. The summed E-state index contributed by atoms with van der Waals surface area (Å²) in [5, 5.41) is 11.8. The summed E-state index contributed by atoms with van der Waals surface area (Å²) in [6.45, 7) is 6.53. The van der Waals surface area contributed by atoms with Crippen LogP contribution in [0, 0.1) is 13.8 Å². The van der Waals surface area contributed by atoms with Crippen LogP contribution >= 0.6 is 11.3 Å². The number of rotatable bonds is 7. The van der Waals surface area contributed by atoms with Gasteiger partial charge in [0.25, 0.3) is 5.78 Å². The fourth-order valence-corrected chi connectivity index (χ4v) is 5.90. The number of hydrogen-bond acceptors (Lipinski definition) is 7. The van der Waals surface area contributed by atoms with Gasteiger partial charge in [-0.1, -0.05) is 48.6 Å². The average Bonchev–Trinajstić information content (AvgIpc) is 3.45. The molecule has 1 amide bonds. The molecule has 1 saturated heterocycles. The molecule has 1 unspecified atom stereocenters. The Hall–Kier alpha value is -4.17. The minimum atomic E-state index is -0.895. The number of methoxy groups -OCH3 is 1. The summed E-state index contributed by atoms with van der Waals surface area (Å²) in [6.07, 6.45) is 0.836. The zero-order valence-corrected chi connectivity index (χ0v) is 22.5. The minimum Gasteiger partial charge on any atom is -0.507 e. The van der Waals surface area contributed by atoms with Crippen molar-refractivity contribution in [3.63, 3.8) is 0 Å². The van der Waals surface area contributed by atoms with E-state index in [9.17, 15) is 14.7 Å². The SMILES string of the molecule is CCCOc1cccc(C2/C(=C(\O)c3cccc(OC)c3)C(=O)C(=O)N2c2nc3c(C)cc(C)cc3s2)c1. The van der Waals surface area contributed by atoms with Crippen LogP contribution in [0.15, 0.2) is 66.2 Å². The van der Waals surface area contributed by atoms with Crippen molar-refractivity contribution in [1.82, 2.24) is 4.98 Å². The number of aryl methyl sites for hydroxylation is 2. The van der Waals surface area contributed by atoms with E-state index in [1.54, 1.807) is 30.3 Å². The Labute approximate surface area is 225 Å². The van der Waals surface area contributed by atoms with E-state index in [1.165, 1.54) is 23.3 Å². The van der Waals surface area contributed by atoms with Crippen LogP contribution in [0.4, 0.5) is 5.13 Å². The first-order chi connectivity index (χ1) is 18.3. The van der Waals surface area contributed by atoms with Crippen LogP contribution in [0.3, 0.4) is 0 Å². The van der Waals surface area contributed by atoms with E-state index in [1.807, 2.05) is 51.1 Å². The van der Waals surface area contributed by atoms with Crippen molar-refractivity contribution in [2.45, 2.75) is 33.2 Å². The van der Waals surface area contributed by atoms with Gasteiger partial charge in [0.05, 0.1) is 35.5 Å². The van der Waals surface area contributed by atoms with Gasteiger partial charge in [0.15, 0.2) is 5.13 Å². The maximum Gasteiger partial charge on any atom is 0.301 e. The van der Waals surface area contributed by atoms with Gasteiger partial charge in [-0.25, -0.2) is 4.98 Å². The molecular formula is C30H28N2O5S. The molecule has 5 rings (SSSR count). The summed E-state index contributed by atoms with van der Waals surface area (Å²) in [4.78, 5) is 33.3. The molecule has 1 fully saturated rings. The van der Waals surface area contributed by atoms with E-state index in [0.717, 1.165) is 27.8 Å². The summed E-state index contributed by atoms with van der Waals surface area (Å²) < 4.78 is 12.1. The van der Waals surface area contributed by atoms with Crippen molar-refractivity contribution < 1.29 is 24.2 Å². The maximum atomic E-state index is 13.6. The molecule has 0 spiro atoms. The number of benzene rings is 3. The van der Waals surface area contributed by atoms with Crippen LogP contribution in [0.25, 0.3) is 16.0 Å². The quantitative estimate of drug-likeness (QED) is 0.171. The highest BCUT2D eigenvalue weighted by Gasteiger charge is 2.48. The Bertz CT molecular complexity index is 1590. The number of carbonyl (C=O) groups is 2. The second kappa shape index (κ2) is 10.3. The van der Waals surface area contributed by atoms with Crippen LogP contribution in [0.5, 0.6) is 11.5 Å². The van der Waals surface area contributed by atoms with Crippen LogP contribution in [-0.2, 0) is 9.59 Å². The number of aliphatic hydroxyl groups excluding tert-OH is 1.